The Bertz CT molecular complexity index is 425. The molecule has 0 amide bonds. The van der Waals surface area contributed by atoms with Crippen LogP contribution >= 0.6 is 15.9 Å². The topological polar surface area (TPSA) is 26.3 Å². The van der Waals surface area contributed by atoms with Crippen molar-refractivity contribution < 1.29 is 9.53 Å². The summed E-state index contributed by atoms with van der Waals surface area (Å²) in [7, 11) is 0. The second-order valence-electron chi connectivity index (χ2n) is 4.89. The van der Waals surface area contributed by atoms with Gasteiger partial charge < -0.3 is 4.74 Å². The molecule has 0 aliphatic rings. The second kappa shape index (κ2) is 5.50. The van der Waals surface area contributed by atoms with E-state index in [-0.39, 0.29) is 11.4 Å². The molecule has 0 saturated heterocycles. The molecule has 0 spiro atoms. The lowest BCUT2D eigenvalue weighted by Gasteiger charge is -2.19. The molecule has 0 aliphatic carbocycles. The Hall–Kier alpha value is -1.09. The second-order valence-corrected chi connectivity index (χ2v) is 5.35. The molecular weight excluding hydrogens is 280 g/mol. The Kier molecular flexibility index (Phi) is 4.52. The molecule has 0 fully saturated rings. The lowest BCUT2D eigenvalue weighted by atomic mass is 9.86. The average Bonchev–Trinajstić information content (AvgIpc) is 2.24. The third-order valence-electron chi connectivity index (χ3n) is 2.39. The Morgan fingerprint density at radius 2 is 1.76 bits per heavy atom. The van der Waals surface area contributed by atoms with E-state index in [9.17, 15) is 4.79 Å². The highest BCUT2D eigenvalue weighted by Crippen LogP contribution is 2.25. The van der Waals surface area contributed by atoms with Gasteiger partial charge in [-0.2, -0.15) is 0 Å². The van der Waals surface area contributed by atoms with E-state index in [0.29, 0.717) is 5.76 Å². The van der Waals surface area contributed by atoms with Crippen LogP contribution in [0.1, 0.15) is 38.8 Å². The normalized spacial score (nSPS) is 12.4. The fourth-order valence-corrected chi connectivity index (χ4v) is 1.79. The molecule has 0 radical (unpaired) electrons. The van der Waals surface area contributed by atoms with Crippen molar-refractivity contribution in [3.63, 3.8) is 0 Å². The smallest absolute Gasteiger partial charge is 0.308 e. The van der Waals surface area contributed by atoms with Gasteiger partial charge in [-0.05, 0) is 11.0 Å². The standard InChI is InChI=1S/C14H17BrO2/c1-10(16)17-13(9-15)11-5-7-12(8-6-11)14(2,3)4/h5-9H,1-4H3/b13-9-. The number of benzene rings is 1. The maximum atomic E-state index is 10.9. The zero-order valence-electron chi connectivity index (χ0n) is 10.6. The molecule has 3 heteroatoms. The third-order valence-corrected chi connectivity index (χ3v) is 2.80. The van der Waals surface area contributed by atoms with Gasteiger partial charge >= 0.3 is 5.97 Å². The molecule has 0 unspecified atom stereocenters. The highest BCUT2D eigenvalue weighted by molar-refractivity contribution is 9.11. The highest BCUT2D eigenvalue weighted by Gasteiger charge is 2.14. The van der Waals surface area contributed by atoms with Crippen LogP contribution in [0, 0.1) is 0 Å². The number of carbonyl (C=O) groups is 1. The number of hydrogen-bond acceptors (Lipinski definition) is 2. The van der Waals surface area contributed by atoms with Crippen LogP contribution in [0.25, 0.3) is 5.76 Å². The van der Waals surface area contributed by atoms with Gasteiger partial charge in [0, 0.05) is 17.5 Å². The van der Waals surface area contributed by atoms with Crippen molar-refractivity contribution in [1.82, 2.24) is 0 Å². The Morgan fingerprint density at radius 3 is 2.12 bits per heavy atom. The van der Waals surface area contributed by atoms with Crippen LogP contribution in [0.4, 0.5) is 0 Å². The Morgan fingerprint density at radius 1 is 1.24 bits per heavy atom. The SMILES string of the molecule is CC(=O)O/C(=C\Br)c1ccc(C(C)(C)C)cc1. The van der Waals surface area contributed by atoms with E-state index >= 15 is 0 Å². The summed E-state index contributed by atoms with van der Waals surface area (Å²) in [6.07, 6.45) is 0. The van der Waals surface area contributed by atoms with Gasteiger partial charge in [-0.1, -0.05) is 61.0 Å². The fraction of sp³-hybridized carbons (Fsp3) is 0.357. The van der Waals surface area contributed by atoms with Gasteiger partial charge in [0.1, 0.15) is 5.76 Å². The predicted octanol–water partition coefficient (Wildman–Crippen LogP) is 4.24. The largest absolute Gasteiger partial charge is 0.426 e. The highest BCUT2D eigenvalue weighted by atomic mass is 79.9. The first-order valence-electron chi connectivity index (χ1n) is 5.44. The van der Waals surface area contributed by atoms with Crippen molar-refractivity contribution in [2.24, 2.45) is 0 Å². The first kappa shape index (κ1) is 14.0. The fourth-order valence-electron chi connectivity index (χ4n) is 1.43. The quantitative estimate of drug-likeness (QED) is 0.603. The van der Waals surface area contributed by atoms with Crippen LogP contribution in [-0.2, 0) is 14.9 Å². The van der Waals surface area contributed by atoms with E-state index in [1.165, 1.54) is 12.5 Å². The molecule has 1 aromatic rings. The summed E-state index contributed by atoms with van der Waals surface area (Å²) in [4.78, 5) is 12.5. The molecule has 92 valence electrons. The zero-order valence-corrected chi connectivity index (χ0v) is 12.2. The molecule has 1 aromatic carbocycles. The Labute approximate surface area is 111 Å². The Balaban J connectivity index is 2.98. The molecule has 0 atom stereocenters. The monoisotopic (exact) mass is 296 g/mol. The van der Waals surface area contributed by atoms with Crippen LogP contribution in [0.3, 0.4) is 0 Å². The summed E-state index contributed by atoms with van der Waals surface area (Å²) in [5, 5.41) is 0. The molecule has 2 nitrogen and oxygen atoms in total. The molecular formula is C14H17BrO2. The first-order chi connectivity index (χ1) is 7.84. The molecule has 0 aliphatic heterocycles. The van der Waals surface area contributed by atoms with Gasteiger partial charge in [-0.15, -0.1) is 0 Å². The number of hydrogen-bond donors (Lipinski definition) is 0. The number of ether oxygens (including phenoxy) is 1. The third kappa shape index (κ3) is 4.00. The molecule has 0 N–H and O–H groups in total. The summed E-state index contributed by atoms with van der Waals surface area (Å²) in [5.74, 6) is 0.202. The maximum Gasteiger partial charge on any atom is 0.308 e. The zero-order chi connectivity index (χ0) is 13.1. The van der Waals surface area contributed by atoms with Crippen molar-refractivity contribution in [3.05, 3.63) is 40.4 Å². The van der Waals surface area contributed by atoms with Crippen LogP contribution in [-0.4, -0.2) is 5.97 Å². The minimum atomic E-state index is -0.324. The maximum absolute atomic E-state index is 10.9. The average molecular weight is 297 g/mol. The lowest BCUT2D eigenvalue weighted by molar-refractivity contribution is -0.134. The minimum absolute atomic E-state index is 0.123. The number of esters is 1. The van der Waals surface area contributed by atoms with Gasteiger partial charge in [0.15, 0.2) is 0 Å². The number of rotatable bonds is 2. The minimum Gasteiger partial charge on any atom is -0.426 e. The van der Waals surface area contributed by atoms with Gasteiger partial charge in [0.25, 0.3) is 0 Å². The summed E-state index contributed by atoms with van der Waals surface area (Å²) < 4.78 is 5.09. The van der Waals surface area contributed by atoms with E-state index in [1.54, 1.807) is 4.99 Å². The first-order valence-corrected chi connectivity index (χ1v) is 6.36. The van der Waals surface area contributed by atoms with Crippen molar-refractivity contribution in [3.8, 4) is 0 Å². The van der Waals surface area contributed by atoms with Gasteiger partial charge in [-0.25, -0.2) is 0 Å². The van der Waals surface area contributed by atoms with E-state index in [1.807, 2.05) is 12.1 Å². The van der Waals surface area contributed by atoms with Crippen molar-refractivity contribution in [2.45, 2.75) is 33.1 Å². The molecule has 17 heavy (non-hydrogen) atoms. The number of carbonyl (C=O) groups excluding carboxylic acids is 1. The summed E-state index contributed by atoms with van der Waals surface area (Å²) in [5.41, 5.74) is 2.25. The molecule has 0 aromatic heterocycles. The van der Waals surface area contributed by atoms with Crippen molar-refractivity contribution >= 4 is 27.7 Å². The molecule has 0 bridgehead atoms. The van der Waals surface area contributed by atoms with Gasteiger partial charge in [0.2, 0.25) is 0 Å². The summed E-state index contributed by atoms with van der Waals surface area (Å²) in [6.45, 7) is 7.87. The molecule has 1 rings (SSSR count). The number of halogens is 1. The summed E-state index contributed by atoms with van der Waals surface area (Å²) >= 11 is 3.20. The predicted molar refractivity (Wildman–Crippen MR) is 73.8 cm³/mol. The van der Waals surface area contributed by atoms with Crippen LogP contribution in [0.2, 0.25) is 0 Å². The van der Waals surface area contributed by atoms with Crippen LogP contribution < -0.4 is 0 Å². The van der Waals surface area contributed by atoms with E-state index in [4.69, 9.17) is 4.74 Å². The van der Waals surface area contributed by atoms with Gasteiger partial charge in [0.05, 0.1) is 0 Å². The molecule has 0 heterocycles. The van der Waals surface area contributed by atoms with E-state index in [2.05, 4.69) is 48.8 Å². The summed E-state index contributed by atoms with van der Waals surface area (Å²) in [6, 6.07) is 8.01. The van der Waals surface area contributed by atoms with Crippen molar-refractivity contribution in [2.75, 3.05) is 0 Å². The van der Waals surface area contributed by atoms with Crippen LogP contribution in [0.5, 0.6) is 0 Å². The molecule has 0 saturated carbocycles. The van der Waals surface area contributed by atoms with Crippen LogP contribution in [0.15, 0.2) is 29.3 Å². The van der Waals surface area contributed by atoms with E-state index < -0.39 is 0 Å². The van der Waals surface area contributed by atoms with E-state index in [0.717, 1.165) is 5.56 Å². The van der Waals surface area contributed by atoms with Gasteiger partial charge in [-0.3, -0.25) is 4.79 Å². The lowest BCUT2D eigenvalue weighted by Crippen LogP contribution is -2.10. The van der Waals surface area contributed by atoms with Crippen molar-refractivity contribution in [1.29, 1.82) is 0 Å².